The van der Waals surface area contributed by atoms with Gasteiger partial charge >= 0.3 is 0 Å². The zero-order valence-electron chi connectivity index (χ0n) is 20.9. The van der Waals surface area contributed by atoms with Crippen LogP contribution in [0.1, 0.15) is 0 Å². The van der Waals surface area contributed by atoms with E-state index in [1.807, 2.05) is 0 Å². The number of nitrogens with zero attached hydrogens (tertiary/aromatic N) is 1. The van der Waals surface area contributed by atoms with Crippen molar-refractivity contribution in [2.75, 3.05) is 30.4 Å². The van der Waals surface area contributed by atoms with Gasteiger partial charge in [0.25, 0.3) is 10.0 Å². The predicted molar refractivity (Wildman–Crippen MR) is 152 cm³/mol. The van der Waals surface area contributed by atoms with E-state index < -0.39 is 22.5 Å². The topological polar surface area (TPSA) is 94.2 Å². The molecular weight excluding hydrogens is 563 g/mol. The number of carbonyl (C=O) groups excluding carboxylic acids is 1. The maximum atomic E-state index is 13.6. The molecule has 39 heavy (non-hydrogen) atoms. The number of amides is 1. The maximum absolute atomic E-state index is 13.6. The van der Waals surface area contributed by atoms with Crippen molar-refractivity contribution in [3.8, 4) is 23.0 Å². The average Bonchev–Trinajstić information content (AvgIpc) is 2.94. The minimum absolute atomic E-state index is 0.00712. The number of sulfonamides is 1. The molecule has 1 N–H and O–H groups in total. The molecule has 0 saturated heterocycles. The van der Waals surface area contributed by atoms with Crippen molar-refractivity contribution in [3.05, 3.63) is 101 Å². The molecule has 0 aromatic heterocycles. The monoisotopic (exact) mass is 586 g/mol. The fraction of sp³-hybridized carbons (Fsp3) is 0.107. The van der Waals surface area contributed by atoms with Crippen molar-refractivity contribution < 1.29 is 27.4 Å². The van der Waals surface area contributed by atoms with E-state index in [0.717, 1.165) is 4.31 Å². The van der Waals surface area contributed by atoms with Crippen LogP contribution in [0.4, 0.5) is 11.4 Å². The minimum Gasteiger partial charge on any atom is -0.495 e. The molecule has 4 aromatic carbocycles. The van der Waals surface area contributed by atoms with Crippen LogP contribution in [0.3, 0.4) is 0 Å². The molecule has 0 aliphatic heterocycles. The molecule has 1 amide bonds. The van der Waals surface area contributed by atoms with E-state index in [0.29, 0.717) is 22.3 Å². The SMILES string of the molecule is COc1ccc(N(CC(=O)Nc2cc(Cl)ccc2Oc2ccccc2OC)S(=O)(=O)c2ccccc2)cc1Cl. The Balaban J connectivity index is 1.67. The van der Waals surface area contributed by atoms with Crippen molar-refractivity contribution in [2.45, 2.75) is 4.90 Å². The summed E-state index contributed by atoms with van der Waals surface area (Å²) < 4.78 is 44.7. The maximum Gasteiger partial charge on any atom is 0.264 e. The van der Waals surface area contributed by atoms with E-state index in [2.05, 4.69) is 5.32 Å². The number of para-hydroxylation sites is 2. The van der Waals surface area contributed by atoms with Gasteiger partial charge in [-0.25, -0.2) is 8.42 Å². The summed E-state index contributed by atoms with van der Waals surface area (Å²) in [7, 11) is -1.19. The lowest BCUT2D eigenvalue weighted by atomic mass is 10.2. The molecular formula is C28H24Cl2N2O6S. The molecule has 0 aliphatic carbocycles. The van der Waals surface area contributed by atoms with Gasteiger partial charge < -0.3 is 19.5 Å². The third-order valence-corrected chi connectivity index (χ3v) is 7.87. The Morgan fingerprint density at radius 2 is 1.44 bits per heavy atom. The third-order valence-electron chi connectivity index (χ3n) is 5.55. The summed E-state index contributed by atoms with van der Waals surface area (Å²) in [4.78, 5) is 13.3. The molecule has 0 bridgehead atoms. The van der Waals surface area contributed by atoms with Gasteiger partial charge in [-0.05, 0) is 60.7 Å². The second-order valence-corrected chi connectivity index (χ2v) is 10.8. The number of halogens is 2. The van der Waals surface area contributed by atoms with Gasteiger partial charge in [0.05, 0.1) is 35.5 Å². The van der Waals surface area contributed by atoms with Crippen LogP contribution in [0.2, 0.25) is 10.0 Å². The lowest BCUT2D eigenvalue weighted by Crippen LogP contribution is -2.38. The molecule has 0 radical (unpaired) electrons. The first-order valence-corrected chi connectivity index (χ1v) is 13.7. The highest BCUT2D eigenvalue weighted by molar-refractivity contribution is 7.92. The Labute approximate surface area is 236 Å². The second-order valence-electron chi connectivity index (χ2n) is 8.09. The average molecular weight is 587 g/mol. The Bertz CT molecular complexity index is 1580. The highest BCUT2D eigenvalue weighted by atomic mass is 35.5. The minimum atomic E-state index is -4.15. The van der Waals surface area contributed by atoms with E-state index in [9.17, 15) is 13.2 Å². The van der Waals surface area contributed by atoms with Crippen LogP contribution in [0.25, 0.3) is 0 Å². The van der Waals surface area contributed by atoms with Crippen LogP contribution in [0.5, 0.6) is 23.0 Å². The van der Waals surface area contributed by atoms with Crippen molar-refractivity contribution in [3.63, 3.8) is 0 Å². The molecule has 0 aliphatic rings. The quantitative estimate of drug-likeness (QED) is 0.224. The molecule has 0 fully saturated rings. The first-order valence-electron chi connectivity index (χ1n) is 11.5. The molecule has 202 valence electrons. The van der Waals surface area contributed by atoms with Crippen molar-refractivity contribution in [1.82, 2.24) is 0 Å². The van der Waals surface area contributed by atoms with E-state index in [-0.39, 0.29) is 27.0 Å². The van der Waals surface area contributed by atoms with Gasteiger partial charge in [0.2, 0.25) is 5.91 Å². The largest absolute Gasteiger partial charge is 0.495 e. The molecule has 8 nitrogen and oxygen atoms in total. The Kier molecular flexibility index (Phi) is 8.86. The lowest BCUT2D eigenvalue weighted by molar-refractivity contribution is -0.114. The zero-order chi connectivity index (χ0) is 28.0. The van der Waals surface area contributed by atoms with E-state index in [1.165, 1.54) is 50.6 Å². The number of rotatable bonds is 10. The van der Waals surface area contributed by atoms with Crippen molar-refractivity contribution in [2.24, 2.45) is 0 Å². The van der Waals surface area contributed by atoms with Gasteiger partial charge in [-0.15, -0.1) is 0 Å². The standard InChI is InChI=1S/C28H24Cl2N2O6S/c1-36-24-15-13-20(17-22(24)30)32(39(34,35)21-8-4-3-5-9-21)18-28(33)31-23-16-19(29)12-14-25(23)38-27-11-7-6-10-26(27)37-2/h3-17H,18H2,1-2H3,(H,31,33). The van der Waals surface area contributed by atoms with Crippen molar-refractivity contribution in [1.29, 1.82) is 0 Å². The number of hydrogen-bond donors (Lipinski definition) is 1. The number of nitrogens with one attached hydrogen (secondary N) is 1. The molecule has 0 heterocycles. The van der Waals surface area contributed by atoms with Crippen LogP contribution < -0.4 is 23.8 Å². The Morgan fingerprint density at radius 1 is 0.795 bits per heavy atom. The van der Waals surface area contributed by atoms with Crippen LogP contribution >= 0.6 is 23.2 Å². The summed E-state index contributed by atoms with van der Waals surface area (Å²) >= 11 is 12.5. The fourth-order valence-corrected chi connectivity index (χ4v) is 5.53. The van der Waals surface area contributed by atoms with Crippen LogP contribution in [0, 0.1) is 0 Å². The fourth-order valence-electron chi connectivity index (χ4n) is 3.68. The molecule has 0 atom stereocenters. The second kappa shape index (κ2) is 12.3. The highest BCUT2D eigenvalue weighted by Crippen LogP contribution is 2.37. The smallest absolute Gasteiger partial charge is 0.264 e. The van der Waals surface area contributed by atoms with Gasteiger partial charge in [0.1, 0.15) is 12.3 Å². The predicted octanol–water partition coefficient (Wildman–Crippen LogP) is 6.64. The van der Waals surface area contributed by atoms with Crippen LogP contribution in [0.15, 0.2) is 95.9 Å². The summed E-state index contributed by atoms with van der Waals surface area (Å²) in [5, 5.41) is 3.24. The first-order chi connectivity index (χ1) is 18.7. The Morgan fingerprint density at radius 3 is 2.10 bits per heavy atom. The molecule has 0 saturated carbocycles. The molecule has 11 heteroatoms. The zero-order valence-corrected chi connectivity index (χ0v) is 23.3. The highest BCUT2D eigenvalue weighted by Gasteiger charge is 2.28. The summed E-state index contributed by atoms with van der Waals surface area (Å²) in [6.07, 6.45) is 0. The molecule has 0 spiro atoms. The number of hydrogen-bond acceptors (Lipinski definition) is 6. The third kappa shape index (κ3) is 6.57. The molecule has 4 rings (SSSR count). The summed E-state index contributed by atoms with van der Waals surface area (Å²) in [5.41, 5.74) is 0.416. The van der Waals surface area contributed by atoms with Gasteiger partial charge in [0, 0.05) is 5.02 Å². The summed E-state index contributed by atoms with van der Waals surface area (Å²) in [6.45, 7) is -0.569. The Hall–Kier alpha value is -3.92. The van der Waals surface area contributed by atoms with E-state index >= 15 is 0 Å². The molecule has 0 unspecified atom stereocenters. The number of carbonyl (C=O) groups is 1. The summed E-state index contributed by atoms with van der Waals surface area (Å²) in [6, 6.07) is 23.9. The van der Waals surface area contributed by atoms with Gasteiger partial charge in [-0.1, -0.05) is 53.5 Å². The lowest BCUT2D eigenvalue weighted by Gasteiger charge is -2.25. The normalized spacial score (nSPS) is 11.0. The van der Waals surface area contributed by atoms with Gasteiger partial charge in [-0.3, -0.25) is 9.10 Å². The van der Waals surface area contributed by atoms with Crippen LogP contribution in [-0.4, -0.2) is 35.1 Å². The number of methoxy groups -OCH3 is 2. The number of ether oxygens (including phenoxy) is 3. The van der Waals surface area contributed by atoms with Gasteiger partial charge in [0.15, 0.2) is 17.2 Å². The summed E-state index contributed by atoms with van der Waals surface area (Å²) in [5.74, 6) is 0.898. The number of benzene rings is 4. The van der Waals surface area contributed by atoms with E-state index in [4.69, 9.17) is 37.4 Å². The van der Waals surface area contributed by atoms with Gasteiger partial charge in [-0.2, -0.15) is 0 Å². The van der Waals surface area contributed by atoms with Crippen LogP contribution in [-0.2, 0) is 14.8 Å². The number of anilines is 2. The van der Waals surface area contributed by atoms with E-state index in [1.54, 1.807) is 54.6 Å². The first kappa shape index (κ1) is 28.1. The van der Waals surface area contributed by atoms with Crippen molar-refractivity contribution >= 4 is 50.5 Å². The molecule has 4 aromatic rings.